The third-order valence-corrected chi connectivity index (χ3v) is 4.05. The van der Waals surface area contributed by atoms with Crippen molar-refractivity contribution in [1.82, 2.24) is 10.3 Å². The summed E-state index contributed by atoms with van der Waals surface area (Å²) in [7, 11) is 2.07. The molecule has 1 N–H and O–H groups in total. The van der Waals surface area contributed by atoms with E-state index in [0.29, 0.717) is 0 Å². The van der Waals surface area contributed by atoms with Crippen molar-refractivity contribution in [3.63, 3.8) is 0 Å². The highest BCUT2D eigenvalue weighted by atomic mass is 32.1. The van der Waals surface area contributed by atoms with Gasteiger partial charge in [-0.1, -0.05) is 13.0 Å². The van der Waals surface area contributed by atoms with E-state index in [0.717, 1.165) is 18.2 Å². The summed E-state index contributed by atoms with van der Waals surface area (Å²) in [6.45, 7) is 8.25. The zero-order valence-electron chi connectivity index (χ0n) is 12.0. The summed E-state index contributed by atoms with van der Waals surface area (Å²) < 4.78 is 0. The molecule has 3 nitrogen and oxygen atoms in total. The Bertz CT molecular complexity index is 528. The molecule has 2 rings (SSSR count). The molecule has 19 heavy (non-hydrogen) atoms. The zero-order valence-corrected chi connectivity index (χ0v) is 12.8. The van der Waals surface area contributed by atoms with E-state index < -0.39 is 0 Å². The van der Waals surface area contributed by atoms with Gasteiger partial charge in [0.05, 0.1) is 0 Å². The van der Waals surface area contributed by atoms with Crippen molar-refractivity contribution >= 4 is 22.2 Å². The fraction of sp³-hybridized carbons (Fsp3) is 0.400. The molecule has 1 aromatic heterocycles. The Kier molecular flexibility index (Phi) is 4.56. The summed E-state index contributed by atoms with van der Waals surface area (Å²) in [5.41, 5.74) is 3.76. The van der Waals surface area contributed by atoms with Crippen molar-refractivity contribution in [1.29, 1.82) is 0 Å². The molecule has 1 heterocycles. The van der Waals surface area contributed by atoms with Crippen LogP contribution in [0.15, 0.2) is 24.4 Å². The van der Waals surface area contributed by atoms with Gasteiger partial charge in [-0.2, -0.15) is 0 Å². The monoisotopic (exact) mass is 275 g/mol. The van der Waals surface area contributed by atoms with Crippen LogP contribution in [0.3, 0.4) is 0 Å². The van der Waals surface area contributed by atoms with Crippen LogP contribution in [-0.2, 0) is 6.54 Å². The van der Waals surface area contributed by atoms with E-state index in [1.165, 1.54) is 21.7 Å². The molecular formula is C15H21N3S. The number of aromatic nitrogens is 1. The Morgan fingerprint density at radius 3 is 2.53 bits per heavy atom. The maximum absolute atomic E-state index is 4.51. The van der Waals surface area contributed by atoms with Crippen LogP contribution in [0.4, 0.5) is 10.8 Å². The van der Waals surface area contributed by atoms with E-state index in [-0.39, 0.29) is 0 Å². The smallest absolute Gasteiger partial charge is 0.189 e. The lowest BCUT2D eigenvalue weighted by Crippen LogP contribution is -2.10. The van der Waals surface area contributed by atoms with Crippen LogP contribution in [0.5, 0.6) is 0 Å². The molecule has 2 aromatic rings. The van der Waals surface area contributed by atoms with Gasteiger partial charge in [-0.05, 0) is 43.7 Å². The summed E-state index contributed by atoms with van der Waals surface area (Å²) in [5, 5.41) is 4.37. The fourth-order valence-corrected chi connectivity index (χ4v) is 2.90. The SMILES string of the molecule is CCNCc1cnc(N(C)c2cc(C)cc(C)c2)s1. The third kappa shape index (κ3) is 3.55. The van der Waals surface area contributed by atoms with Crippen LogP contribution in [-0.4, -0.2) is 18.6 Å². The molecule has 102 valence electrons. The standard InChI is InChI=1S/C15H21N3S/c1-5-16-9-14-10-17-15(19-14)18(4)13-7-11(2)6-12(3)8-13/h6-8,10,16H,5,9H2,1-4H3. The molecule has 0 saturated carbocycles. The normalized spacial score (nSPS) is 10.7. The summed E-state index contributed by atoms with van der Waals surface area (Å²) >= 11 is 1.74. The van der Waals surface area contributed by atoms with Gasteiger partial charge in [-0.25, -0.2) is 4.98 Å². The molecule has 0 atom stereocenters. The quantitative estimate of drug-likeness (QED) is 0.903. The molecule has 0 saturated heterocycles. The van der Waals surface area contributed by atoms with Crippen molar-refractivity contribution in [3.05, 3.63) is 40.4 Å². The number of nitrogens with zero attached hydrogens (tertiary/aromatic N) is 2. The van der Waals surface area contributed by atoms with Gasteiger partial charge in [-0.3, -0.25) is 0 Å². The van der Waals surface area contributed by atoms with Crippen molar-refractivity contribution < 1.29 is 0 Å². The number of nitrogens with one attached hydrogen (secondary N) is 1. The lowest BCUT2D eigenvalue weighted by atomic mass is 10.1. The van der Waals surface area contributed by atoms with Crippen LogP contribution < -0.4 is 10.2 Å². The number of hydrogen-bond donors (Lipinski definition) is 1. The molecule has 0 spiro atoms. The number of benzene rings is 1. The van der Waals surface area contributed by atoms with Gasteiger partial charge in [0.25, 0.3) is 0 Å². The van der Waals surface area contributed by atoms with Crippen LogP contribution in [0.1, 0.15) is 22.9 Å². The van der Waals surface area contributed by atoms with Gasteiger partial charge in [0, 0.05) is 30.4 Å². The predicted molar refractivity (Wildman–Crippen MR) is 83.5 cm³/mol. The average Bonchev–Trinajstić information content (AvgIpc) is 2.83. The first-order valence-corrected chi connectivity index (χ1v) is 7.39. The average molecular weight is 275 g/mol. The highest BCUT2D eigenvalue weighted by molar-refractivity contribution is 7.15. The molecule has 4 heteroatoms. The van der Waals surface area contributed by atoms with Crippen LogP contribution in [0.25, 0.3) is 0 Å². The van der Waals surface area contributed by atoms with E-state index in [1.807, 2.05) is 6.20 Å². The molecule has 1 aromatic carbocycles. The molecule has 0 aliphatic heterocycles. The van der Waals surface area contributed by atoms with Gasteiger partial charge >= 0.3 is 0 Å². The molecule has 0 aliphatic rings. The van der Waals surface area contributed by atoms with Crippen LogP contribution in [0.2, 0.25) is 0 Å². The van der Waals surface area contributed by atoms with E-state index in [4.69, 9.17) is 0 Å². The minimum Gasteiger partial charge on any atom is -0.321 e. The molecule has 0 unspecified atom stereocenters. The van der Waals surface area contributed by atoms with Gasteiger partial charge in [0.15, 0.2) is 5.13 Å². The molecule has 0 aliphatic carbocycles. The minimum absolute atomic E-state index is 0.898. The number of thiazole rings is 1. The van der Waals surface area contributed by atoms with Gasteiger partial charge in [0.2, 0.25) is 0 Å². The van der Waals surface area contributed by atoms with Crippen molar-refractivity contribution in [2.45, 2.75) is 27.3 Å². The summed E-state index contributed by atoms with van der Waals surface area (Å²) in [6, 6.07) is 6.58. The molecular weight excluding hydrogens is 254 g/mol. The Morgan fingerprint density at radius 2 is 1.89 bits per heavy atom. The van der Waals surface area contributed by atoms with Gasteiger partial charge in [-0.15, -0.1) is 11.3 Å². The number of aryl methyl sites for hydroxylation is 2. The first kappa shape index (κ1) is 14.0. The predicted octanol–water partition coefficient (Wildman–Crippen LogP) is 3.64. The summed E-state index contributed by atoms with van der Waals surface area (Å²) in [5.74, 6) is 0. The van der Waals surface area contributed by atoms with E-state index in [9.17, 15) is 0 Å². The summed E-state index contributed by atoms with van der Waals surface area (Å²) in [4.78, 5) is 7.93. The van der Waals surface area contributed by atoms with Crippen molar-refractivity contribution in [2.75, 3.05) is 18.5 Å². The maximum atomic E-state index is 4.51. The van der Waals surface area contributed by atoms with E-state index in [2.05, 4.69) is 61.2 Å². The van der Waals surface area contributed by atoms with Crippen LogP contribution >= 0.6 is 11.3 Å². The highest BCUT2D eigenvalue weighted by Crippen LogP contribution is 2.29. The van der Waals surface area contributed by atoms with Gasteiger partial charge < -0.3 is 10.2 Å². The van der Waals surface area contributed by atoms with Crippen molar-refractivity contribution in [3.8, 4) is 0 Å². The first-order valence-electron chi connectivity index (χ1n) is 6.57. The lowest BCUT2D eigenvalue weighted by molar-refractivity contribution is 0.734. The lowest BCUT2D eigenvalue weighted by Gasteiger charge is -2.17. The fourth-order valence-electron chi connectivity index (χ4n) is 2.04. The van der Waals surface area contributed by atoms with Crippen molar-refractivity contribution in [2.24, 2.45) is 0 Å². The van der Waals surface area contributed by atoms with E-state index >= 15 is 0 Å². The zero-order chi connectivity index (χ0) is 13.8. The maximum Gasteiger partial charge on any atom is 0.189 e. The largest absolute Gasteiger partial charge is 0.321 e. The van der Waals surface area contributed by atoms with Gasteiger partial charge in [0.1, 0.15) is 0 Å². The molecule has 0 amide bonds. The Morgan fingerprint density at radius 1 is 1.21 bits per heavy atom. The molecule has 0 fully saturated rings. The second-order valence-corrected chi connectivity index (χ2v) is 5.89. The summed E-state index contributed by atoms with van der Waals surface area (Å²) in [6.07, 6.45) is 1.96. The molecule has 0 radical (unpaired) electrons. The Balaban J connectivity index is 2.18. The topological polar surface area (TPSA) is 28.2 Å². The second kappa shape index (κ2) is 6.17. The third-order valence-electron chi connectivity index (χ3n) is 2.97. The number of anilines is 2. The first-order chi connectivity index (χ1) is 9.10. The van der Waals surface area contributed by atoms with Crippen LogP contribution in [0, 0.1) is 13.8 Å². The highest BCUT2D eigenvalue weighted by Gasteiger charge is 2.09. The number of rotatable bonds is 5. The Labute approximate surface area is 119 Å². The Hall–Kier alpha value is -1.39. The molecule has 0 bridgehead atoms. The van der Waals surface area contributed by atoms with E-state index in [1.54, 1.807) is 11.3 Å². The second-order valence-electron chi connectivity index (χ2n) is 4.79. The minimum atomic E-state index is 0.898. The number of hydrogen-bond acceptors (Lipinski definition) is 4.